The van der Waals surface area contributed by atoms with Gasteiger partial charge in [-0.3, -0.25) is 0 Å². The molecule has 82 valence electrons. The molecule has 16 heavy (non-hydrogen) atoms. The number of aliphatic hydroxyl groups excluding tert-OH is 1. The molecule has 0 heterocycles. The summed E-state index contributed by atoms with van der Waals surface area (Å²) in [6, 6.07) is 14.7. The molecule has 0 bridgehead atoms. The Morgan fingerprint density at radius 2 is 1.88 bits per heavy atom. The predicted octanol–water partition coefficient (Wildman–Crippen LogP) is 3.63. The standard InChI is InChI=1S/C15H16O/c1-2-12(10-11-16)14-9-5-7-13-6-3-4-8-15(13)14/h3-10,16H,2,11H2,1H3. The molecular formula is C15H16O. The Morgan fingerprint density at radius 3 is 2.62 bits per heavy atom. The van der Waals surface area contributed by atoms with Gasteiger partial charge in [-0.05, 0) is 28.3 Å². The first-order chi connectivity index (χ1) is 7.86. The maximum absolute atomic E-state index is 9.02. The van der Waals surface area contributed by atoms with E-state index in [1.807, 2.05) is 12.1 Å². The highest BCUT2D eigenvalue weighted by Gasteiger charge is 2.03. The van der Waals surface area contributed by atoms with Crippen LogP contribution in [0.15, 0.2) is 48.5 Å². The summed E-state index contributed by atoms with van der Waals surface area (Å²) < 4.78 is 0. The molecule has 2 rings (SSSR count). The Bertz CT molecular complexity index is 506. The van der Waals surface area contributed by atoms with Gasteiger partial charge in [0.2, 0.25) is 0 Å². The molecule has 1 N–H and O–H groups in total. The van der Waals surface area contributed by atoms with Crippen LogP contribution in [0, 0.1) is 0 Å². The molecule has 0 amide bonds. The van der Waals surface area contributed by atoms with Gasteiger partial charge in [0.15, 0.2) is 0 Å². The normalized spacial score (nSPS) is 12.0. The number of allylic oxidation sites excluding steroid dienone is 1. The smallest absolute Gasteiger partial charge is 0.0618 e. The van der Waals surface area contributed by atoms with Crippen LogP contribution in [0.5, 0.6) is 0 Å². The Kier molecular flexibility index (Phi) is 3.37. The molecule has 0 aromatic heterocycles. The fraction of sp³-hybridized carbons (Fsp3) is 0.200. The van der Waals surface area contributed by atoms with Crippen LogP contribution in [0.1, 0.15) is 18.9 Å². The second-order valence-corrected chi connectivity index (χ2v) is 3.79. The van der Waals surface area contributed by atoms with Crippen LogP contribution < -0.4 is 0 Å². The van der Waals surface area contributed by atoms with Gasteiger partial charge in [-0.1, -0.05) is 55.5 Å². The molecule has 2 aromatic rings. The molecule has 0 fully saturated rings. The van der Waals surface area contributed by atoms with Gasteiger partial charge >= 0.3 is 0 Å². The van der Waals surface area contributed by atoms with Crippen LogP contribution in [0.25, 0.3) is 16.3 Å². The monoisotopic (exact) mass is 212 g/mol. The summed E-state index contributed by atoms with van der Waals surface area (Å²) in [6.45, 7) is 2.22. The molecule has 1 heteroatoms. The molecule has 0 unspecified atom stereocenters. The van der Waals surface area contributed by atoms with Crippen molar-refractivity contribution in [1.29, 1.82) is 0 Å². The van der Waals surface area contributed by atoms with Crippen molar-refractivity contribution in [3.05, 3.63) is 54.1 Å². The van der Waals surface area contributed by atoms with E-state index in [4.69, 9.17) is 5.11 Å². The summed E-state index contributed by atoms with van der Waals surface area (Å²) in [7, 11) is 0. The van der Waals surface area contributed by atoms with E-state index < -0.39 is 0 Å². The van der Waals surface area contributed by atoms with Gasteiger partial charge in [-0.25, -0.2) is 0 Å². The van der Waals surface area contributed by atoms with Crippen molar-refractivity contribution >= 4 is 16.3 Å². The van der Waals surface area contributed by atoms with Crippen molar-refractivity contribution in [2.24, 2.45) is 0 Å². The zero-order valence-electron chi connectivity index (χ0n) is 9.48. The number of hydrogen-bond donors (Lipinski definition) is 1. The van der Waals surface area contributed by atoms with E-state index in [2.05, 4.69) is 43.3 Å². The minimum absolute atomic E-state index is 0.104. The quantitative estimate of drug-likeness (QED) is 0.823. The first-order valence-corrected chi connectivity index (χ1v) is 5.65. The molecule has 0 aliphatic rings. The summed E-state index contributed by atoms with van der Waals surface area (Å²) >= 11 is 0. The minimum atomic E-state index is 0.104. The second kappa shape index (κ2) is 4.95. The third-order valence-electron chi connectivity index (χ3n) is 2.85. The van der Waals surface area contributed by atoms with E-state index in [0.29, 0.717) is 0 Å². The summed E-state index contributed by atoms with van der Waals surface area (Å²) in [5, 5.41) is 11.5. The molecule has 1 nitrogen and oxygen atoms in total. The van der Waals surface area contributed by atoms with Gasteiger partial charge in [0.1, 0.15) is 0 Å². The Hall–Kier alpha value is -1.60. The Morgan fingerprint density at radius 1 is 1.12 bits per heavy atom. The fourth-order valence-corrected chi connectivity index (χ4v) is 2.06. The van der Waals surface area contributed by atoms with Gasteiger partial charge in [-0.15, -0.1) is 0 Å². The highest BCUT2D eigenvalue weighted by Crippen LogP contribution is 2.26. The first kappa shape index (κ1) is 10.9. The fourth-order valence-electron chi connectivity index (χ4n) is 2.06. The topological polar surface area (TPSA) is 20.2 Å². The SMILES string of the molecule is CCC(=CCO)c1cccc2ccccc12. The highest BCUT2D eigenvalue weighted by molar-refractivity contribution is 5.93. The maximum atomic E-state index is 9.02. The van der Waals surface area contributed by atoms with Crippen LogP contribution in [-0.4, -0.2) is 11.7 Å². The van der Waals surface area contributed by atoms with Gasteiger partial charge in [0.25, 0.3) is 0 Å². The zero-order valence-corrected chi connectivity index (χ0v) is 9.48. The van der Waals surface area contributed by atoms with Gasteiger partial charge in [0, 0.05) is 0 Å². The minimum Gasteiger partial charge on any atom is -0.392 e. The Balaban J connectivity index is 2.64. The lowest BCUT2D eigenvalue weighted by Gasteiger charge is -2.08. The molecule has 2 aromatic carbocycles. The van der Waals surface area contributed by atoms with Crippen molar-refractivity contribution in [1.82, 2.24) is 0 Å². The van der Waals surface area contributed by atoms with E-state index in [-0.39, 0.29) is 6.61 Å². The third-order valence-corrected chi connectivity index (χ3v) is 2.85. The average molecular weight is 212 g/mol. The van der Waals surface area contributed by atoms with Gasteiger partial charge < -0.3 is 5.11 Å². The lowest BCUT2D eigenvalue weighted by Crippen LogP contribution is -1.87. The third kappa shape index (κ3) is 2.00. The molecule has 0 aliphatic carbocycles. The van der Waals surface area contributed by atoms with E-state index in [1.54, 1.807) is 0 Å². The number of aliphatic hydroxyl groups is 1. The summed E-state index contributed by atoms with van der Waals surface area (Å²) in [4.78, 5) is 0. The summed E-state index contributed by atoms with van der Waals surface area (Å²) in [5.41, 5.74) is 2.44. The molecule has 0 radical (unpaired) electrons. The van der Waals surface area contributed by atoms with Crippen molar-refractivity contribution in [2.75, 3.05) is 6.61 Å². The second-order valence-electron chi connectivity index (χ2n) is 3.79. The molecule has 0 saturated carbocycles. The predicted molar refractivity (Wildman–Crippen MR) is 69.3 cm³/mol. The number of rotatable bonds is 3. The Labute approximate surface area is 96.0 Å². The molecule has 0 aliphatic heterocycles. The van der Waals surface area contributed by atoms with Crippen molar-refractivity contribution in [2.45, 2.75) is 13.3 Å². The van der Waals surface area contributed by atoms with Crippen LogP contribution in [0.4, 0.5) is 0 Å². The van der Waals surface area contributed by atoms with Crippen LogP contribution in [-0.2, 0) is 0 Å². The van der Waals surface area contributed by atoms with Crippen molar-refractivity contribution < 1.29 is 5.11 Å². The molecule has 0 spiro atoms. The molecule has 0 saturated heterocycles. The van der Waals surface area contributed by atoms with E-state index in [9.17, 15) is 0 Å². The van der Waals surface area contributed by atoms with Crippen LogP contribution >= 0.6 is 0 Å². The maximum Gasteiger partial charge on any atom is 0.0618 e. The molecule has 0 atom stereocenters. The van der Waals surface area contributed by atoms with E-state index in [1.165, 1.54) is 21.9 Å². The lowest BCUT2D eigenvalue weighted by atomic mass is 9.96. The van der Waals surface area contributed by atoms with Crippen molar-refractivity contribution in [3.8, 4) is 0 Å². The summed E-state index contributed by atoms with van der Waals surface area (Å²) in [5.74, 6) is 0. The largest absolute Gasteiger partial charge is 0.392 e. The summed E-state index contributed by atoms with van der Waals surface area (Å²) in [6.07, 6.45) is 2.83. The number of fused-ring (bicyclic) bond motifs is 1. The highest BCUT2D eigenvalue weighted by atomic mass is 16.2. The van der Waals surface area contributed by atoms with Crippen LogP contribution in [0.3, 0.4) is 0 Å². The molecular weight excluding hydrogens is 196 g/mol. The number of hydrogen-bond acceptors (Lipinski definition) is 1. The average Bonchev–Trinajstić information content (AvgIpc) is 2.35. The van der Waals surface area contributed by atoms with Gasteiger partial charge in [0.05, 0.1) is 6.61 Å². The van der Waals surface area contributed by atoms with Crippen LogP contribution in [0.2, 0.25) is 0 Å². The zero-order chi connectivity index (χ0) is 11.4. The number of benzene rings is 2. The van der Waals surface area contributed by atoms with Crippen molar-refractivity contribution in [3.63, 3.8) is 0 Å². The van der Waals surface area contributed by atoms with E-state index >= 15 is 0 Å². The van der Waals surface area contributed by atoms with Gasteiger partial charge in [-0.2, -0.15) is 0 Å². The van der Waals surface area contributed by atoms with E-state index in [0.717, 1.165) is 6.42 Å². The first-order valence-electron chi connectivity index (χ1n) is 5.65. The lowest BCUT2D eigenvalue weighted by molar-refractivity contribution is 0.343.